The van der Waals surface area contributed by atoms with Gasteiger partial charge in [0.1, 0.15) is 17.3 Å². The third-order valence-corrected chi connectivity index (χ3v) is 3.42. The molecule has 3 nitrogen and oxygen atoms in total. The average molecular weight is 310 g/mol. The molecular formula is C14H16BrNO2. The molecule has 1 aromatic carbocycles. The Kier molecular flexibility index (Phi) is 3.97. The van der Waals surface area contributed by atoms with E-state index in [-0.39, 0.29) is 6.04 Å². The van der Waals surface area contributed by atoms with Crippen LogP contribution in [0.25, 0.3) is 0 Å². The van der Waals surface area contributed by atoms with Crippen molar-refractivity contribution in [3.8, 4) is 5.75 Å². The molecule has 0 aliphatic heterocycles. The number of hydrogen-bond donors (Lipinski definition) is 1. The molecule has 1 aromatic heterocycles. The summed E-state index contributed by atoms with van der Waals surface area (Å²) in [5, 5.41) is 3.39. The number of methoxy groups -OCH3 is 1. The fourth-order valence-electron chi connectivity index (χ4n) is 1.73. The minimum absolute atomic E-state index is 0.0992. The maximum absolute atomic E-state index is 5.60. The summed E-state index contributed by atoms with van der Waals surface area (Å²) in [6.45, 7) is 4.00. The predicted molar refractivity (Wildman–Crippen MR) is 76.2 cm³/mol. The maximum atomic E-state index is 5.60. The smallest absolute Gasteiger partial charge is 0.126 e. The standard InChI is InChI=1S/C14H16BrNO2/c1-9-4-7-14(18-9)10(2)16-13-8-11(17-3)5-6-12(13)15/h4-8,10,16H,1-3H3. The van der Waals surface area contributed by atoms with Crippen LogP contribution in [-0.4, -0.2) is 7.11 Å². The van der Waals surface area contributed by atoms with Gasteiger partial charge in [-0.1, -0.05) is 0 Å². The van der Waals surface area contributed by atoms with Gasteiger partial charge in [0.2, 0.25) is 0 Å². The van der Waals surface area contributed by atoms with Crippen LogP contribution < -0.4 is 10.1 Å². The van der Waals surface area contributed by atoms with E-state index >= 15 is 0 Å². The number of ether oxygens (including phenoxy) is 1. The lowest BCUT2D eigenvalue weighted by Gasteiger charge is -2.15. The first-order valence-corrected chi connectivity index (χ1v) is 6.56. The minimum atomic E-state index is 0.0992. The summed E-state index contributed by atoms with van der Waals surface area (Å²) >= 11 is 3.52. The fraction of sp³-hybridized carbons (Fsp3) is 0.286. The Morgan fingerprint density at radius 3 is 2.67 bits per heavy atom. The lowest BCUT2D eigenvalue weighted by molar-refractivity contribution is 0.414. The van der Waals surface area contributed by atoms with Gasteiger partial charge >= 0.3 is 0 Å². The van der Waals surface area contributed by atoms with Gasteiger partial charge in [0, 0.05) is 10.5 Å². The highest BCUT2D eigenvalue weighted by molar-refractivity contribution is 9.10. The SMILES string of the molecule is COc1ccc(Br)c(NC(C)c2ccc(C)o2)c1. The van der Waals surface area contributed by atoms with Crippen molar-refractivity contribution < 1.29 is 9.15 Å². The van der Waals surface area contributed by atoms with Crippen molar-refractivity contribution in [3.05, 3.63) is 46.3 Å². The van der Waals surface area contributed by atoms with Crippen molar-refractivity contribution in [2.75, 3.05) is 12.4 Å². The number of hydrogen-bond acceptors (Lipinski definition) is 3. The van der Waals surface area contributed by atoms with Crippen molar-refractivity contribution >= 4 is 21.6 Å². The molecule has 0 amide bonds. The predicted octanol–water partition coefficient (Wildman–Crippen LogP) is 4.53. The molecule has 0 radical (unpaired) electrons. The van der Waals surface area contributed by atoms with Gasteiger partial charge in [-0.3, -0.25) is 0 Å². The Hall–Kier alpha value is -1.42. The molecule has 0 bridgehead atoms. The highest BCUT2D eigenvalue weighted by Crippen LogP contribution is 2.30. The quantitative estimate of drug-likeness (QED) is 0.901. The van der Waals surface area contributed by atoms with Crippen molar-refractivity contribution in [1.82, 2.24) is 0 Å². The molecule has 1 atom stereocenters. The van der Waals surface area contributed by atoms with Crippen LogP contribution in [0.15, 0.2) is 39.2 Å². The molecule has 0 saturated heterocycles. The molecule has 4 heteroatoms. The summed E-state index contributed by atoms with van der Waals surface area (Å²) in [4.78, 5) is 0. The summed E-state index contributed by atoms with van der Waals surface area (Å²) in [5.74, 6) is 2.66. The Bertz CT molecular complexity index is 536. The second-order valence-corrected chi connectivity index (χ2v) is 5.01. The average Bonchev–Trinajstić information content (AvgIpc) is 2.79. The third kappa shape index (κ3) is 2.88. The van der Waals surface area contributed by atoms with Gasteiger partial charge in [-0.15, -0.1) is 0 Å². The second kappa shape index (κ2) is 5.48. The molecule has 96 valence electrons. The van der Waals surface area contributed by atoms with Crippen LogP contribution in [0.1, 0.15) is 24.5 Å². The van der Waals surface area contributed by atoms with Crippen LogP contribution in [-0.2, 0) is 0 Å². The van der Waals surface area contributed by atoms with Crippen molar-refractivity contribution in [3.63, 3.8) is 0 Å². The van der Waals surface area contributed by atoms with E-state index in [0.29, 0.717) is 0 Å². The molecule has 0 saturated carbocycles. The van der Waals surface area contributed by atoms with E-state index in [1.165, 1.54) is 0 Å². The van der Waals surface area contributed by atoms with Gasteiger partial charge in [0.15, 0.2) is 0 Å². The van der Waals surface area contributed by atoms with E-state index in [4.69, 9.17) is 9.15 Å². The van der Waals surface area contributed by atoms with E-state index < -0.39 is 0 Å². The number of rotatable bonds is 4. The molecule has 1 unspecified atom stereocenters. The number of halogens is 1. The van der Waals surface area contributed by atoms with Crippen LogP contribution >= 0.6 is 15.9 Å². The number of benzene rings is 1. The van der Waals surface area contributed by atoms with E-state index in [1.807, 2.05) is 37.3 Å². The zero-order valence-corrected chi connectivity index (χ0v) is 12.2. The van der Waals surface area contributed by atoms with Crippen LogP contribution in [0.4, 0.5) is 5.69 Å². The van der Waals surface area contributed by atoms with E-state index in [9.17, 15) is 0 Å². The summed E-state index contributed by atoms with van der Waals surface area (Å²) in [6, 6.07) is 9.88. The zero-order valence-electron chi connectivity index (χ0n) is 10.7. The molecule has 1 N–H and O–H groups in total. The van der Waals surface area contributed by atoms with Crippen LogP contribution in [0.5, 0.6) is 5.75 Å². The summed E-state index contributed by atoms with van der Waals surface area (Å²) < 4.78 is 11.8. The minimum Gasteiger partial charge on any atom is -0.497 e. The fourth-order valence-corrected chi connectivity index (χ4v) is 2.09. The maximum Gasteiger partial charge on any atom is 0.126 e. The van der Waals surface area contributed by atoms with Gasteiger partial charge in [0.05, 0.1) is 18.8 Å². The highest BCUT2D eigenvalue weighted by Gasteiger charge is 2.11. The van der Waals surface area contributed by atoms with Crippen LogP contribution in [0, 0.1) is 6.92 Å². The summed E-state index contributed by atoms with van der Waals surface area (Å²) in [5.41, 5.74) is 0.982. The lowest BCUT2D eigenvalue weighted by atomic mass is 10.2. The second-order valence-electron chi connectivity index (χ2n) is 4.16. The molecule has 0 fully saturated rings. The molecule has 2 rings (SSSR count). The van der Waals surface area contributed by atoms with Gasteiger partial charge in [-0.2, -0.15) is 0 Å². The first-order chi connectivity index (χ1) is 8.60. The van der Waals surface area contributed by atoms with Crippen molar-refractivity contribution in [2.45, 2.75) is 19.9 Å². The van der Waals surface area contributed by atoms with Crippen molar-refractivity contribution in [2.24, 2.45) is 0 Å². The zero-order chi connectivity index (χ0) is 13.1. The largest absolute Gasteiger partial charge is 0.497 e. The van der Waals surface area contributed by atoms with E-state index in [1.54, 1.807) is 7.11 Å². The van der Waals surface area contributed by atoms with Crippen LogP contribution in [0.3, 0.4) is 0 Å². The van der Waals surface area contributed by atoms with E-state index in [0.717, 1.165) is 27.4 Å². The van der Waals surface area contributed by atoms with Gasteiger partial charge in [-0.05, 0) is 54.0 Å². The third-order valence-electron chi connectivity index (χ3n) is 2.73. The Labute approximate surface area is 115 Å². The first kappa shape index (κ1) is 13.0. The highest BCUT2D eigenvalue weighted by atomic mass is 79.9. The Balaban J connectivity index is 2.18. The number of nitrogens with one attached hydrogen (secondary N) is 1. The summed E-state index contributed by atoms with van der Waals surface area (Å²) in [7, 11) is 1.66. The normalized spacial score (nSPS) is 12.2. The molecule has 0 spiro atoms. The molecule has 18 heavy (non-hydrogen) atoms. The Morgan fingerprint density at radius 2 is 2.06 bits per heavy atom. The molecule has 0 aliphatic carbocycles. The molecular weight excluding hydrogens is 294 g/mol. The number of furan rings is 1. The summed E-state index contributed by atoms with van der Waals surface area (Å²) in [6.07, 6.45) is 0. The Morgan fingerprint density at radius 1 is 1.28 bits per heavy atom. The van der Waals surface area contributed by atoms with Gasteiger partial charge in [-0.25, -0.2) is 0 Å². The van der Waals surface area contributed by atoms with Gasteiger partial charge < -0.3 is 14.5 Å². The molecule has 2 aromatic rings. The van der Waals surface area contributed by atoms with E-state index in [2.05, 4.69) is 28.2 Å². The number of anilines is 1. The number of aryl methyl sites for hydroxylation is 1. The topological polar surface area (TPSA) is 34.4 Å². The van der Waals surface area contributed by atoms with Crippen molar-refractivity contribution in [1.29, 1.82) is 0 Å². The van der Waals surface area contributed by atoms with Crippen LogP contribution in [0.2, 0.25) is 0 Å². The molecule has 0 aliphatic rings. The first-order valence-electron chi connectivity index (χ1n) is 5.76. The van der Waals surface area contributed by atoms with Gasteiger partial charge in [0.25, 0.3) is 0 Å². The monoisotopic (exact) mass is 309 g/mol. The molecule has 1 heterocycles. The lowest BCUT2D eigenvalue weighted by Crippen LogP contribution is -2.06.